The van der Waals surface area contributed by atoms with Gasteiger partial charge in [0, 0.05) is 10.3 Å². The Morgan fingerprint density at radius 2 is 1.43 bits per heavy atom. The highest BCUT2D eigenvalue weighted by Gasteiger charge is 2.41. The predicted octanol–water partition coefficient (Wildman–Crippen LogP) is 6.69. The maximum absolute atomic E-state index is 13.6. The van der Waals surface area contributed by atoms with Crippen molar-refractivity contribution >= 4 is 28.6 Å². The summed E-state index contributed by atoms with van der Waals surface area (Å²) in [7, 11) is 0. The van der Waals surface area contributed by atoms with E-state index < -0.39 is 18.3 Å². The van der Waals surface area contributed by atoms with Crippen molar-refractivity contribution in [3.05, 3.63) is 0 Å². The van der Waals surface area contributed by atoms with Gasteiger partial charge in [-0.1, -0.05) is 93.7 Å². The van der Waals surface area contributed by atoms with Crippen LogP contribution in [0.4, 0.5) is 8.78 Å². The quantitative estimate of drug-likeness (QED) is 0.121. The molecule has 0 bridgehead atoms. The number of carbonyl (C=O) groups is 1. The molecule has 0 fully saturated rings. The molecule has 0 spiro atoms. The molecule has 0 saturated carbocycles. The standard InChI is InChI=1S/C18H33F2IO2/c1-3-5-6-7-8-9-10-11-12-13-14-16(21)15-18(19,20)17(22)23-4-2/h16H,3-15H2,1-2H3. The van der Waals surface area contributed by atoms with Gasteiger partial charge in [-0.2, -0.15) is 8.78 Å². The van der Waals surface area contributed by atoms with E-state index in [1.165, 1.54) is 51.4 Å². The molecule has 2 nitrogen and oxygen atoms in total. The van der Waals surface area contributed by atoms with Gasteiger partial charge in [0.1, 0.15) is 0 Å². The molecule has 5 heteroatoms. The normalized spacial score (nSPS) is 13.1. The maximum Gasteiger partial charge on any atom is 0.377 e. The first kappa shape index (κ1) is 23.1. The topological polar surface area (TPSA) is 26.3 Å². The Bertz CT molecular complexity index is 299. The lowest BCUT2D eigenvalue weighted by Crippen LogP contribution is -2.33. The molecule has 0 rings (SSSR count). The first-order valence-electron chi connectivity index (χ1n) is 9.13. The van der Waals surface area contributed by atoms with Gasteiger partial charge in [0.05, 0.1) is 6.61 Å². The first-order valence-corrected chi connectivity index (χ1v) is 10.4. The number of unbranched alkanes of at least 4 members (excludes halogenated alkanes) is 9. The molecule has 0 heterocycles. The van der Waals surface area contributed by atoms with Crippen molar-refractivity contribution in [1.82, 2.24) is 0 Å². The van der Waals surface area contributed by atoms with Gasteiger partial charge < -0.3 is 4.74 Å². The van der Waals surface area contributed by atoms with Gasteiger partial charge in [-0.05, 0) is 13.3 Å². The number of hydrogen-bond acceptors (Lipinski definition) is 2. The van der Waals surface area contributed by atoms with E-state index in [0.29, 0.717) is 0 Å². The number of ether oxygens (including phenoxy) is 1. The minimum absolute atomic E-state index is 0.00121. The van der Waals surface area contributed by atoms with Gasteiger partial charge in [-0.3, -0.25) is 0 Å². The molecular formula is C18H33F2IO2. The van der Waals surface area contributed by atoms with Crippen molar-refractivity contribution < 1.29 is 18.3 Å². The summed E-state index contributed by atoms with van der Waals surface area (Å²) in [5, 5.41) is 0. The first-order chi connectivity index (χ1) is 10.9. The fraction of sp³-hybridized carbons (Fsp3) is 0.944. The number of alkyl halides is 3. The van der Waals surface area contributed by atoms with E-state index in [2.05, 4.69) is 11.7 Å². The van der Waals surface area contributed by atoms with E-state index in [1.54, 1.807) is 6.92 Å². The van der Waals surface area contributed by atoms with Crippen molar-refractivity contribution in [3.63, 3.8) is 0 Å². The second-order valence-electron chi connectivity index (χ2n) is 6.20. The minimum atomic E-state index is -3.35. The number of esters is 1. The van der Waals surface area contributed by atoms with Gasteiger partial charge in [0.25, 0.3) is 0 Å². The van der Waals surface area contributed by atoms with E-state index in [-0.39, 0.29) is 10.5 Å². The summed E-state index contributed by atoms with van der Waals surface area (Å²) in [5.74, 6) is -4.73. The summed E-state index contributed by atoms with van der Waals surface area (Å²) in [5.41, 5.74) is 0. The predicted molar refractivity (Wildman–Crippen MR) is 100 cm³/mol. The molecular weight excluding hydrogens is 413 g/mol. The molecule has 0 N–H and O–H groups in total. The minimum Gasteiger partial charge on any atom is -0.462 e. The Hall–Kier alpha value is 0.0600. The van der Waals surface area contributed by atoms with Crippen LogP contribution in [0.15, 0.2) is 0 Å². The van der Waals surface area contributed by atoms with Crippen LogP contribution in [-0.4, -0.2) is 22.4 Å². The fourth-order valence-electron chi connectivity index (χ4n) is 2.55. The summed E-state index contributed by atoms with van der Waals surface area (Å²) in [6.45, 7) is 3.76. The Morgan fingerprint density at radius 1 is 0.957 bits per heavy atom. The summed E-state index contributed by atoms with van der Waals surface area (Å²) < 4.78 is 31.4. The highest BCUT2D eigenvalue weighted by atomic mass is 127. The van der Waals surface area contributed by atoms with Crippen LogP contribution in [0.1, 0.15) is 90.9 Å². The molecule has 0 saturated heterocycles. The molecule has 0 aliphatic carbocycles. The third-order valence-electron chi connectivity index (χ3n) is 3.92. The fourth-order valence-corrected chi connectivity index (χ4v) is 3.55. The van der Waals surface area contributed by atoms with Crippen LogP contribution in [0.5, 0.6) is 0 Å². The second-order valence-corrected chi connectivity index (χ2v) is 7.96. The van der Waals surface area contributed by atoms with E-state index in [0.717, 1.165) is 19.3 Å². The molecule has 0 aromatic rings. The summed E-state index contributed by atoms with van der Waals surface area (Å²) >= 11 is 2.03. The van der Waals surface area contributed by atoms with Crippen LogP contribution in [0.3, 0.4) is 0 Å². The van der Waals surface area contributed by atoms with Crippen molar-refractivity contribution in [2.45, 2.75) is 101 Å². The van der Waals surface area contributed by atoms with Gasteiger partial charge in [0.15, 0.2) is 0 Å². The molecule has 0 radical (unpaired) electrons. The van der Waals surface area contributed by atoms with Crippen molar-refractivity contribution in [2.24, 2.45) is 0 Å². The zero-order valence-corrected chi connectivity index (χ0v) is 16.9. The third-order valence-corrected chi connectivity index (χ3v) is 4.99. The van der Waals surface area contributed by atoms with E-state index in [4.69, 9.17) is 0 Å². The van der Waals surface area contributed by atoms with Crippen molar-refractivity contribution in [3.8, 4) is 0 Å². The SMILES string of the molecule is CCCCCCCCCCCCC(I)CC(F)(F)C(=O)OCC. The maximum atomic E-state index is 13.6. The molecule has 23 heavy (non-hydrogen) atoms. The van der Waals surface area contributed by atoms with E-state index in [9.17, 15) is 13.6 Å². The summed E-state index contributed by atoms with van der Waals surface area (Å²) in [6, 6.07) is 0. The molecule has 0 amide bonds. The lowest BCUT2D eigenvalue weighted by molar-refractivity contribution is -0.172. The highest BCUT2D eigenvalue weighted by Crippen LogP contribution is 2.28. The lowest BCUT2D eigenvalue weighted by atomic mass is 10.0. The van der Waals surface area contributed by atoms with Gasteiger partial charge in [-0.15, -0.1) is 0 Å². The zero-order valence-electron chi connectivity index (χ0n) is 14.7. The zero-order chi connectivity index (χ0) is 17.6. The van der Waals surface area contributed by atoms with Crippen molar-refractivity contribution in [1.29, 1.82) is 0 Å². The average molecular weight is 446 g/mol. The van der Waals surface area contributed by atoms with Gasteiger partial charge in [-0.25, -0.2) is 4.79 Å². The third kappa shape index (κ3) is 13.1. The Labute approximate surface area is 154 Å². The monoisotopic (exact) mass is 446 g/mol. The van der Waals surface area contributed by atoms with E-state index in [1.807, 2.05) is 22.6 Å². The average Bonchev–Trinajstić information content (AvgIpc) is 2.49. The van der Waals surface area contributed by atoms with Gasteiger partial charge >= 0.3 is 11.9 Å². The van der Waals surface area contributed by atoms with Gasteiger partial charge in [0.2, 0.25) is 0 Å². The van der Waals surface area contributed by atoms with Crippen LogP contribution >= 0.6 is 22.6 Å². The molecule has 1 atom stereocenters. The van der Waals surface area contributed by atoms with Crippen molar-refractivity contribution in [2.75, 3.05) is 6.61 Å². The number of carbonyl (C=O) groups excluding carboxylic acids is 1. The van der Waals surface area contributed by atoms with Crippen LogP contribution in [-0.2, 0) is 9.53 Å². The highest BCUT2D eigenvalue weighted by molar-refractivity contribution is 14.1. The number of halogens is 3. The molecule has 138 valence electrons. The van der Waals surface area contributed by atoms with Crippen LogP contribution in [0.2, 0.25) is 0 Å². The molecule has 0 aliphatic rings. The largest absolute Gasteiger partial charge is 0.462 e. The number of hydrogen-bond donors (Lipinski definition) is 0. The summed E-state index contributed by atoms with van der Waals surface area (Å²) in [6.07, 6.45) is 12.7. The summed E-state index contributed by atoms with van der Waals surface area (Å²) in [4.78, 5) is 11.2. The molecule has 0 aliphatic heterocycles. The Balaban J connectivity index is 3.56. The molecule has 0 aromatic carbocycles. The Morgan fingerprint density at radius 3 is 1.91 bits per heavy atom. The second kappa shape index (κ2) is 14.4. The number of rotatable bonds is 15. The van der Waals surface area contributed by atoms with Crippen LogP contribution < -0.4 is 0 Å². The van der Waals surface area contributed by atoms with Crippen LogP contribution in [0.25, 0.3) is 0 Å². The molecule has 1 unspecified atom stereocenters. The lowest BCUT2D eigenvalue weighted by Gasteiger charge is -2.18. The smallest absolute Gasteiger partial charge is 0.377 e. The van der Waals surface area contributed by atoms with E-state index >= 15 is 0 Å². The van der Waals surface area contributed by atoms with Crippen LogP contribution in [0, 0.1) is 0 Å². The molecule has 0 aromatic heterocycles. The Kier molecular flexibility index (Phi) is 14.4.